The Bertz CT molecular complexity index is 1100. The molecule has 0 atom stereocenters. The van der Waals surface area contributed by atoms with Crippen molar-refractivity contribution in [2.24, 2.45) is 0 Å². The van der Waals surface area contributed by atoms with Crippen LogP contribution in [0.4, 0.5) is 0 Å². The third kappa shape index (κ3) is 2.06. The minimum Gasteiger partial charge on any atom is -0.0622 e. The molecule has 4 aromatic carbocycles. The van der Waals surface area contributed by atoms with Crippen molar-refractivity contribution in [3.8, 4) is 22.3 Å². The number of rotatable bonds is 1. The lowest BCUT2D eigenvalue weighted by atomic mass is 9.94. The van der Waals surface area contributed by atoms with Gasteiger partial charge in [0.1, 0.15) is 8.07 Å². The lowest BCUT2D eigenvalue weighted by molar-refractivity contribution is 1.59. The quantitative estimate of drug-likeness (QED) is 0.413. The summed E-state index contributed by atoms with van der Waals surface area (Å²) < 4.78 is 0. The van der Waals surface area contributed by atoms with E-state index in [1.165, 1.54) is 33.0 Å². The molecule has 1 heterocycles. The van der Waals surface area contributed by atoms with Crippen molar-refractivity contribution in [2.45, 2.75) is 13.1 Å². The molecule has 0 aromatic heterocycles. The Balaban J connectivity index is 1.87. The molecular weight excluding hydrogens is 316 g/mol. The second-order valence-electron chi connectivity index (χ2n) is 7.46. The van der Waals surface area contributed by atoms with Crippen LogP contribution in [0.5, 0.6) is 0 Å². The summed E-state index contributed by atoms with van der Waals surface area (Å²) in [6.07, 6.45) is 0. The van der Waals surface area contributed by atoms with Gasteiger partial charge in [-0.15, -0.1) is 0 Å². The van der Waals surface area contributed by atoms with Crippen molar-refractivity contribution >= 4 is 29.2 Å². The van der Waals surface area contributed by atoms with Gasteiger partial charge in [0, 0.05) is 0 Å². The molecule has 0 aliphatic carbocycles. The van der Waals surface area contributed by atoms with Gasteiger partial charge in [-0.25, -0.2) is 0 Å². The third-order valence-electron chi connectivity index (χ3n) is 5.67. The molecule has 120 valence electrons. The molecule has 0 spiro atoms. The zero-order valence-electron chi connectivity index (χ0n) is 14.6. The first-order valence-corrected chi connectivity index (χ1v) is 11.9. The van der Waals surface area contributed by atoms with Crippen LogP contribution < -0.4 is 10.4 Å². The maximum absolute atomic E-state index is 2.48. The average molecular weight is 337 g/mol. The first kappa shape index (κ1) is 14.7. The van der Waals surface area contributed by atoms with Crippen molar-refractivity contribution in [2.75, 3.05) is 0 Å². The van der Waals surface area contributed by atoms with Crippen LogP contribution in [0.25, 0.3) is 33.0 Å². The van der Waals surface area contributed by atoms with E-state index in [0.29, 0.717) is 0 Å². The number of hydrogen-bond donors (Lipinski definition) is 0. The molecule has 0 N–H and O–H groups in total. The zero-order valence-corrected chi connectivity index (χ0v) is 15.6. The first-order valence-electron chi connectivity index (χ1n) is 8.89. The summed E-state index contributed by atoms with van der Waals surface area (Å²) >= 11 is 0. The van der Waals surface area contributed by atoms with Gasteiger partial charge in [0.2, 0.25) is 0 Å². The van der Waals surface area contributed by atoms with Gasteiger partial charge in [0.15, 0.2) is 0 Å². The van der Waals surface area contributed by atoms with Gasteiger partial charge in [-0.3, -0.25) is 0 Å². The summed E-state index contributed by atoms with van der Waals surface area (Å²) in [5.41, 5.74) is 5.42. The number of hydrogen-bond acceptors (Lipinski definition) is 0. The highest BCUT2D eigenvalue weighted by molar-refractivity contribution is 7.03. The Kier molecular flexibility index (Phi) is 3.04. The molecule has 0 bridgehead atoms. The Morgan fingerprint density at radius 2 is 1.32 bits per heavy atom. The van der Waals surface area contributed by atoms with E-state index in [4.69, 9.17) is 0 Å². The minimum atomic E-state index is -1.69. The van der Waals surface area contributed by atoms with Crippen LogP contribution in [0.15, 0.2) is 84.9 Å². The van der Waals surface area contributed by atoms with Gasteiger partial charge in [0.25, 0.3) is 0 Å². The van der Waals surface area contributed by atoms with Gasteiger partial charge in [-0.05, 0) is 49.5 Å². The Morgan fingerprint density at radius 1 is 0.560 bits per heavy atom. The van der Waals surface area contributed by atoms with Crippen molar-refractivity contribution in [1.82, 2.24) is 0 Å². The van der Waals surface area contributed by atoms with E-state index in [-0.39, 0.29) is 0 Å². The molecule has 1 aliphatic heterocycles. The average Bonchev–Trinajstić information content (AvgIpc) is 2.66. The van der Waals surface area contributed by atoms with Crippen molar-refractivity contribution in [3.63, 3.8) is 0 Å². The molecule has 1 heteroatoms. The van der Waals surface area contributed by atoms with Crippen LogP contribution in [-0.4, -0.2) is 8.07 Å². The normalized spacial score (nSPS) is 14.3. The second kappa shape index (κ2) is 5.17. The highest BCUT2D eigenvalue weighted by atomic mass is 28.3. The van der Waals surface area contributed by atoms with E-state index in [1.807, 2.05) is 0 Å². The van der Waals surface area contributed by atoms with Crippen LogP contribution in [0.3, 0.4) is 0 Å². The van der Waals surface area contributed by atoms with Crippen LogP contribution in [0.2, 0.25) is 13.1 Å². The van der Waals surface area contributed by atoms with E-state index >= 15 is 0 Å². The summed E-state index contributed by atoms with van der Waals surface area (Å²) in [4.78, 5) is 0. The molecule has 0 unspecified atom stereocenters. The van der Waals surface area contributed by atoms with E-state index < -0.39 is 8.07 Å². The molecule has 1 aliphatic rings. The fraction of sp³-hybridized carbons (Fsp3) is 0.0833. The van der Waals surface area contributed by atoms with E-state index in [1.54, 1.807) is 10.4 Å². The lowest BCUT2D eigenvalue weighted by Crippen LogP contribution is -2.55. The third-order valence-corrected chi connectivity index (χ3v) is 9.21. The maximum atomic E-state index is 2.48. The highest BCUT2D eigenvalue weighted by Gasteiger charge is 2.35. The fourth-order valence-electron chi connectivity index (χ4n) is 4.35. The van der Waals surface area contributed by atoms with Crippen molar-refractivity contribution in [3.05, 3.63) is 84.9 Å². The monoisotopic (exact) mass is 336 g/mol. The summed E-state index contributed by atoms with van der Waals surface area (Å²) in [5.74, 6) is 0. The molecule has 0 amide bonds. The predicted octanol–water partition coefficient (Wildman–Crippen LogP) is 5.31. The van der Waals surface area contributed by atoms with Gasteiger partial charge >= 0.3 is 0 Å². The summed E-state index contributed by atoms with van der Waals surface area (Å²) in [7, 11) is -1.69. The highest BCUT2D eigenvalue weighted by Crippen LogP contribution is 2.35. The Labute approximate surface area is 149 Å². The molecule has 0 fully saturated rings. The fourth-order valence-corrected chi connectivity index (χ4v) is 7.44. The summed E-state index contributed by atoms with van der Waals surface area (Å²) in [6.45, 7) is 4.97. The number of benzene rings is 4. The van der Waals surface area contributed by atoms with Crippen LogP contribution in [0.1, 0.15) is 0 Å². The lowest BCUT2D eigenvalue weighted by Gasteiger charge is -2.33. The Hall–Kier alpha value is -2.64. The van der Waals surface area contributed by atoms with Crippen LogP contribution in [-0.2, 0) is 0 Å². The molecule has 0 nitrogen and oxygen atoms in total. The van der Waals surface area contributed by atoms with Gasteiger partial charge in [-0.2, -0.15) is 0 Å². The smallest absolute Gasteiger partial charge is 0.0622 e. The van der Waals surface area contributed by atoms with Gasteiger partial charge < -0.3 is 0 Å². The maximum Gasteiger partial charge on any atom is 0.113 e. The second-order valence-corrected chi connectivity index (χ2v) is 11.8. The van der Waals surface area contributed by atoms with E-state index in [2.05, 4.69) is 98.0 Å². The SMILES string of the molecule is C[Si]1(C)c2ccc(-c3ccccc3)cc2-c2cccc3cccc1c23. The van der Waals surface area contributed by atoms with E-state index in [0.717, 1.165) is 0 Å². The van der Waals surface area contributed by atoms with Crippen molar-refractivity contribution in [1.29, 1.82) is 0 Å². The predicted molar refractivity (Wildman–Crippen MR) is 112 cm³/mol. The van der Waals surface area contributed by atoms with E-state index in [9.17, 15) is 0 Å². The molecular formula is C24H20Si. The standard InChI is InChI=1S/C24H20Si/c1-25(2)22-15-14-19(17-8-4-3-5-9-17)16-21(22)20-12-6-10-18-11-7-13-23(25)24(18)20/h3-16H,1-2H3. The van der Waals surface area contributed by atoms with Crippen molar-refractivity contribution < 1.29 is 0 Å². The van der Waals surface area contributed by atoms with Crippen LogP contribution in [0, 0.1) is 0 Å². The zero-order chi connectivity index (χ0) is 17.0. The van der Waals surface area contributed by atoms with Gasteiger partial charge in [-0.1, -0.05) is 92.0 Å². The molecule has 0 saturated heterocycles. The first-order chi connectivity index (χ1) is 12.2. The summed E-state index contributed by atoms with van der Waals surface area (Å²) in [5, 5.41) is 5.96. The molecule has 0 radical (unpaired) electrons. The minimum absolute atomic E-state index is 1.29. The Morgan fingerprint density at radius 3 is 2.12 bits per heavy atom. The molecule has 5 rings (SSSR count). The van der Waals surface area contributed by atoms with Crippen LogP contribution >= 0.6 is 0 Å². The molecule has 4 aromatic rings. The van der Waals surface area contributed by atoms with Gasteiger partial charge in [0.05, 0.1) is 0 Å². The molecule has 0 saturated carbocycles. The number of fused-ring (bicyclic) bond motifs is 2. The molecule has 25 heavy (non-hydrogen) atoms. The topological polar surface area (TPSA) is 0 Å². The summed E-state index contributed by atoms with van der Waals surface area (Å²) in [6, 6.07) is 31.4. The largest absolute Gasteiger partial charge is 0.113 e.